The van der Waals surface area contributed by atoms with Crippen LogP contribution < -0.4 is 5.32 Å². The van der Waals surface area contributed by atoms with E-state index in [0.717, 1.165) is 16.9 Å². The summed E-state index contributed by atoms with van der Waals surface area (Å²) < 4.78 is 14.7. The number of nitrogens with zero attached hydrogens (tertiary/aromatic N) is 4. The number of aromatic nitrogens is 3. The topological polar surface area (TPSA) is 46.0 Å². The maximum absolute atomic E-state index is 13.0. The number of hydrogen-bond donors (Lipinski definition) is 1. The summed E-state index contributed by atoms with van der Waals surface area (Å²) in [5.41, 5.74) is 2.82. The molecule has 0 bridgehead atoms. The SMILES string of the molecule is C[C@H](c1ccc(-n2cncn2)cc1)N(C)C(=S)Nc1ccc(F)cc1. The van der Waals surface area contributed by atoms with Crippen LogP contribution in [0, 0.1) is 5.82 Å². The molecule has 0 saturated carbocycles. The molecule has 25 heavy (non-hydrogen) atoms. The highest BCUT2D eigenvalue weighted by molar-refractivity contribution is 7.80. The zero-order valence-electron chi connectivity index (χ0n) is 13.9. The minimum atomic E-state index is -0.273. The number of anilines is 1. The van der Waals surface area contributed by atoms with Crippen molar-refractivity contribution < 1.29 is 4.39 Å². The van der Waals surface area contributed by atoms with Crippen LogP contribution in [0.25, 0.3) is 5.69 Å². The van der Waals surface area contributed by atoms with Gasteiger partial charge in [-0.2, -0.15) is 5.10 Å². The number of halogens is 1. The molecule has 0 amide bonds. The molecule has 0 saturated heterocycles. The van der Waals surface area contributed by atoms with Gasteiger partial charge < -0.3 is 10.2 Å². The highest BCUT2D eigenvalue weighted by atomic mass is 32.1. The zero-order chi connectivity index (χ0) is 17.8. The number of rotatable bonds is 4. The lowest BCUT2D eigenvalue weighted by molar-refractivity contribution is 0.408. The van der Waals surface area contributed by atoms with Gasteiger partial charge in [-0.1, -0.05) is 12.1 Å². The second-order valence-corrected chi connectivity index (χ2v) is 6.04. The fourth-order valence-electron chi connectivity index (χ4n) is 2.39. The number of benzene rings is 2. The van der Waals surface area contributed by atoms with E-state index in [2.05, 4.69) is 22.3 Å². The van der Waals surface area contributed by atoms with Gasteiger partial charge in [0.1, 0.15) is 18.5 Å². The van der Waals surface area contributed by atoms with Crippen LogP contribution in [-0.2, 0) is 0 Å². The Balaban J connectivity index is 1.67. The maximum Gasteiger partial charge on any atom is 0.173 e. The monoisotopic (exact) mass is 355 g/mol. The largest absolute Gasteiger partial charge is 0.345 e. The quantitative estimate of drug-likeness (QED) is 0.722. The van der Waals surface area contributed by atoms with E-state index >= 15 is 0 Å². The molecule has 0 aliphatic heterocycles. The highest BCUT2D eigenvalue weighted by Crippen LogP contribution is 2.21. The van der Waals surface area contributed by atoms with Crippen LogP contribution in [0.5, 0.6) is 0 Å². The third-order valence-corrected chi connectivity index (χ3v) is 4.45. The molecule has 3 rings (SSSR count). The van der Waals surface area contributed by atoms with Crippen molar-refractivity contribution in [3.05, 3.63) is 72.6 Å². The van der Waals surface area contributed by atoms with Crippen LogP contribution in [0.3, 0.4) is 0 Å². The lowest BCUT2D eigenvalue weighted by Gasteiger charge is -2.28. The fraction of sp³-hybridized carbons (Fsp3) is 0.167. The van der Waals surface area contributed by atoms with Gasteiger partial charge in [-0.05, 0) is 61.1 Å². The van der Waals surface area contributed by atoms with E-state index in [9.17, 15) is 4.39 Å². The highest BCUT2D eigenvalue weighted by Gasteiger charge is 2.15. The normalized spacial score (nSPS) is 11.8. The summed E-state index contributed by atoms with van der Waals surface area (Å²) in [6.07, 6.45) is 3.16. The van der Waals surface area contributed by atoms with Crippen molar-refractivity contribution in [1.29, 1.82) is 0 Å². The van der Waals surface area contributed by atoms with Crippen molar-refractivity contribution in [1.82, 2.24) is 19.7 Å². The molecule has 2 aromatic carbocycles. The van der Waals surface area contributed by atoms with Crippen molar-refractivity contribution in [3.8, 4) is 5.69 Å². The minimum Gasteiger partial charge on any atom is -0.345 e. The number of thiocarbonyl (C=S) groups is 1. The lowest BCUT2D eigenvalue weighted by atomic mass is 10.1. The molecule has 7 heteroatoms. The van der Waals surface area contributed by atoms with Crippen LogP contribution in [0.1, 0.15) is 18.5 Å². The number of hydrogen-bond acceptors (Lipinski definition) is 3. The van der Waals surface area contributed by atoms with E-state index in [-0.39, 0.29) is 11.9 Å². The summed E-state index contributed by atoms with van der Waals surface area (Å²) >= 11 is 5.46. The van der Waals surface area contributed by atoms with Crippen molar-refractivity contribution in [2.45, 2.75) is 13.0 Å². The first-order chi connectivity index (χ1) is 12.0. The lowest BCUT2D eigenvalue weighted by Crippen LogP contribution is -2.33. The fourth-order valence-corrected chi connectivity index (χ4v) is 2.67. The molecule has 1 aromatic heterocycles. The minimum absolute atomic E-state index is 0.0743. The van der Waals surface area contributed by atoms with Crippen LogP contribution in [0.2, 0.25) is 0 Å². The van der Waals surface area contributed by atoms with Crippen molar-refractivity contribution in [2.75, 3.05) is 12.4 Å². The Hall–Kier alpha value is -2.80. The Morgan fingerprint density at radius 3 is 2.44 bits per heavy atom. The molecule has 128 valence electrons. The van der Waals surface area contributed by atoms with Crippen molar-refractivity contribution in [2.24, 2.45) is 0 Å². The van der Waals surface area contributed by atoms with Crippen LogP contribution in [0.4, 0.5) is 10.1 Å². The molecule has 0 fully saturated rings. The Morgan fingerprint density at radius 1 is 1.16 bits per heavy atom. The van der Waals surface area contributed by atoms with Gasteiger partial charge in [0.15, 0.2) is 5.11 Å². The van der Waals surface area contributed by atoms with Crippen molar-refractivity contribution in [3.63, 3.8) is 0 Å². The smallest absolute Gasteiger partial charge is 0.173 e. The van der Waals surface area contributed by atoms with Gasteiger partial charge in [-0.25, -0.2) is 14.1 Å². The summed E-state index contributed by atoms with van der Waals surface area (Å²) in [5, 5.41) is 7.81. The predicted octanol–water partition coefficient (Wildman–Crippen LogP) is 3.80. The molecular formula is C18H18FN5S. The number of nitrogens with one attached hydrogen (secondary N) is 1. The first-order valence-electron chi connectivity index (χ1n) is 7.79. The molecule has 3 aromatic rings. The summed E-state index contributed by atoms with van der Waals surface area (Å²) in [6.45, 7) is 2.07. The van der Waals surface area contributed by atoms with E-state index in [4.69, 9.17) is 12.2 Å². The van der Waals surface area contributed by atoms with Gasteiger partial charge in [0.05, 0.1) is 11.7 Å². The molecule has 0 aliphatic rings. The second kappa shape index (κ2) is 7.40. The first-order valence-corrected chi connectivity index (χ1v) is 8.20. The molecule has 0 radical (unpaired) electrons. The molecule has 5 nitrogen and oxygen atoms in total. The molecule has 1 heterocycles. The first kappa shape index (κ1) is 17.0. The molecule has 0 spiro atoms. The van der Waals surface area contributed by atoms with Gasteiger partial charge >= 0.3 is 0 Å². The summed E-state index contributed by atoms with van der Waals surface area (Å²) in [4.78, 5) is 5.91. The average molecular weight is 355 g/mol. The van der Waals surface area contributed by atoms with Crippen LogP contribution >= 0.6 is 12.2 Å². The Kier molecular flexibility index (Phi) is 5.04. The summed E-state index contributed by atoms with van der Waals surface area (Å²) in [7, 11) is 1.93. The molecular weight excluding hydrogens is 337 g/mol. The Labute approximate surface area is 151 Å². The van der Waals surface area contributed by atoms with E-state index < -0.39 is 0 Å². The molecule has 1 N–H and O–H groups in total. The van der Waals surface area contributed by atoms with Crippen molar-refractivity contribution >= 4 is 23.0 Å². The van der Waals surface area contributed by atoms with E-state index in [1.54, 1.807) is 23.1 Å². The Morgan fingerprint density at radius 2 is 1.84 bits per heavy atom. The van der Waals surface area contributed by atoms with Crippen LogP contribution in [-0.4, -0.2) is 31.8 Å². The zero-order valence-corrected chi connectivity index (χ0v) is 14.7. The standard InChI is InChI=1S/C18H18FN5S/c1-13(14-3-9-17(10-4-14)24-12-20-11-21-24)23(2)18(25)22-16-7-5-15(19)6-8-16/h3-13H,1-2H3,(H,22,25)/t13-/m1/s1. The third kappa shape index (κ3) is 4.00. The van der Waals surface area contributed by atoms with Crippen LogP contribution in [0.15, 0.2) is 61.2 Å². The van der Waals surface area contributed by atoms with E-state index in [0.29, 0.717) is 5.11 Å². The van der Waals surface area contributed by atoms with Gasteiger partial charge in [-0.15, -0.1) is 0 Å². The van der Waals surface area contributed by atoms with E-state index in [1.165, 1.54) is 18.5 Å². The third-order valence-electron chi connectivity index (χ3n) is 4.06. The van der Waals surface area contributed by atoms with Gasteiger partial charge in [-0.3, -0.25) is 0 Å². The van der Waals surface area contributed by atoms with Gasteiger partial charge in [0.2, 0.25) is 0 Å². The summed E-state index contributed by atoms with van der Waals surface area (Å²) in [6, 6.07) is 14.3. The second-order valence-electron chi connectivity index (χ2n) is 5.66. The van der Waals surface area contributed by atoms with Gasteiger partial charge in [0, 0.05) is 12.7 Å². The predicted molar refractivity (Wildman–Crippen MR) is 100 cm³/mol. The average Bonchev–Trinajstić information content (AvgIpc) is 3.17. The molecule has 0 aliphatic carbocycles. The van der Waals surface area contributed by atoms with Gasteiger partial charge in [0.25, 0.3) is 0 Å². The summed E-state index contributed by atoms with van der Waals surface area (Å²) in [5.74, 6) is -0.273. The maximum atomic E-state index is 13.0. The molecule has 1 atom stereocenters. The molecule has 0 unspecified atom stereocenters. The Bertz CT molecular complexity index is 831. The van der Waals surface area contributed by atoms with E-state index in [1.807, 2.05) is 36.2 Å².